The molecule has 0 spiro atoms. The third-order valence-electron chi connectivity index (χ3n) is 2.82. The van der Waals surface area contributed by atoms with Crippen molar-refractivity contribution in [1.29, 1.82) is 0 Å². The predicted octanol–water partition coefficient (Wildman–Crippen LogP) is 1.19. The van der Waals surface area contributed by atoms with Crippen LogP contribution in [0.3, 0.4) is 0 Å². The van der Waals surface area contributed by atoms with E-state index in [-0.39, 0.29) is 30.8 Å². The molecule has 1 heterocycles. The number of carbonyl (C=O) groups excluding carboxylic acids is 2. The summed E-state index contributed by atoms with van der Waals surface area (Å²) in [5.41, 5.74) is 0.976. The quantitative estimate of drug-likeness (QED) is 0.814. The fourth-order valence-corrected chi connectivity index (χ4v) is 1.87. The molecule has 5 nitrogen and oxygen atoms in total. The lowest BCUT2D eigenvalue weighted by molar-refractivity contribution is -0.142. The van der Waals surface area contributed by atoms with Gasteiger partial charge in [0, 0.05) is 12.0 Å². The number of rotatable bonds is 4. The largest absolute Gasteiger partial charge is 0.491 e. The Hall–Kier alpha value is -2.04. The zero-order valence-corrected chi connectivity index (χ0v) is 10.1. The van der Waals surface area contributed by atoms with Crippen LogP contribution < -0.4 is 10.1 Å². The minimum atomic E-state index is -0.381. The molecule has 0 aromatic heterocycles. The van der Waals surface area contributed by atoms with Gasteiger partial charge in [-0.05, 0) is 6.07 Å². The summed E-state index contributed by atoms with van der Waals surface area (Å²) in [6, 6.07) is 7.46. The minimum absolute atomic E-state index is 0.0948. The second-order valence-corrected chi connectivity index (χ2v) is 4.05. The van der Waals surface area contributed by atoms with E-state index in [4.69, 9.17) is 4.74 Å². The van der Waals surface area contributed by atoms with Crippen molar-refractivity contribution in [3.8, 4) is 5.75 Å². The van der Waals surface area contributed by atoms with Crippen LogP contribution in [0.4, 0.5) is 0 Å². The molecule has 1 unspecified atom stereocenters. The summed E-state index contributed by atoms with van der Waals surface area (Å²) in [5, 5.41) is 2.84. The van der Waals surface area contributed by atoms with Crippen molar-refractivity contribution in [2.24, 2.45) is 0 Å². The molecule has 0 saturated heterocycles. The van der Waals surface area contributed by atoms with E-state index >= 15 is 0 Å². The van der Waals surface area contributed by atoms with Crippen LogP contribution in [0.1, 0.15) is 24.4 Å². The van der Waals surface area contributed by atoms with Crippen molar-refractivity contribution >= 4 is 11.9 Å². The van der Waals surface area contributed by atoms with Crippen molar-refractivity contribution in [3.63, 3.8) is 0 Å². The van der Waals surface area contributed by atoms with Crippen LogP contribution in [-0.2, 0) is 14.3 Å². The number of nitrogens with one attached hydrogen (secondary N) is 1. The van der Waals surface area contributed by atoms with Crippen LogP contribution in [0.25, 0.3) is 0 Å². The van der Waals surface area contributed by atoms with Gasteiger partial charge in [0.15, 0.2) is 0 Å². The highest BCUT2D eigenvalue weighted by atomic mass is 16.5. The maximum Gasteiger partial charge on any atom is 0.306 e. The van der Waals surface area contributed by atoms with Gasteiger partial charge in [0.05, 0.1) is 19.6 Å². The number of methoxy groups -OCH3 is 1. The maximum absolute atomic E-state index is 11.7. The van der Waals surface area contributed by atoms with Crippen molar-refractivity contribution in [3.05, 3.63) is 29.8 Å². The Morgan fingerprint density at radius 2 is 2.17 bits per heavy atom. The predicted molar refractivity (Wildman–Crippen MR) is 64.1 cm³/mol. The van der Waals surface area contributed by atoms with Gasteiger partial charge in [-0.2, -0.15) is 0 Å². The third-order valence-corrected chi connectivity index (χ3v) is 2.82. The van der Waals surface area contributed by atoms with Crippen LogP contribution in [0.2, 0.25) is 0 Å². The van der Waals surface area contributed by atoms with Gasteiger partial charge in [-0.15, -0.1) is 0 Å². The molecule has 0 bridgehead atoms. The lowest BCUT2D eigenvalue weighted by atomic mass is 10.1. The van der Waals surface area contributed by atoms with Gasteiger partial charge in [-0.1, -0.05) is 18.2 Å². The topological polar surface area (TPSA) is 64.6 Å². The average molecular weight is 249 g/mol. The zero-order chi connectivity index (χ0) is 13.0. The number of esters is 1. The molecule has 1 aromatic rings. The van der Waals surface area contributed by atoms with Gasteiger partial charge < -0.3 is 14.8 Å². The molecule has 0 fully saturated rings. The Labute approximate surface area is 105 Å². The summed E-state index contributed by atoms with van der Waals surface area (Å²) in [7, 11) is 1.31. The zero-order valence-electron chi connectivity index (χ0n) is 10.1. The second-order valence-electron chi connectivity index (χ2n) is 4.05. The van der Waals surface area contributed by atoms with Crippen LogP contribution >= 0.6 is 0 Å². The summed E-state index contributed by atoms with van der Waals surface area (Å²) in [4.78, 5) is 22.6. The first kappa shape index (κ1) is 12.4. The first-order valence-corrected chi connectivity index (χ1v) is 5.78. The molecule has 1 aromatic carbocycles. The summed E-state index contributed by atoms with van der Waals surface area (Å²) < 4.78 is 9.94. The summed E-state index contributed by atoms with van der Waals surface area (Å²) >= 11 is 0. The van der Waals surface area contributed by atoms with E-state index in [9.17, 15) is 9.59 Å². The van der Waals surface area contributed by atoms with Crippen molar-refractivity contribution in [1.82, 2.24) is 5.32 Å². The molecule has 1 N–H and O–H groups in total. The normalized spacial score (nSPS) is 16.6. The first-order valence-electron chi connectivity index (χ1n) is 5.78. The molecular weight excluding hydrogens is 234 g/mol. The Balaban J connectivity index is 1.88. The molecule has 0 radical (unpaired) electrons. The lowest BCUT2D eigenvalue weighted by Crippen LogP contribution is -2.29. The van der Waals surface area contributed by atoms with Crippen molar-refractivity contribution in [2.75, 3.05) is 13.7 Å². The number of amides is 1. The molecule has 96 valence electrons. The average Bonchev–Trinajstić information content (AvgIpc) is 2.79. The van der Waals surface area contributed by atoms with E-state index in [2.05, 4.69) is 10.1 Å². The molecule has 5 heteroatoms. The Kier molecular flexibility index (Phi) is 3.82. The molecule has 1 aliphatic heterocycles. The number of hydrogen-bond acceptors (Lipinski definition) is 4. The number of ether oxygens (including phenoxy) is 2. The molecular formula is C13H15NO4. The molecule has 0 saturated carbocycles. The van der Waals surface area contributed by atoms with Gasteiger partial charge in [-0.3, -0.25) is 9.59 Å². The molecule has 18 heavy (non-hydrogen) atoms. The molecule has 1 aliphatic rings. The van der Waals surface area contributed by atoms with Gasteiger partial charge in [-0.25, -0.2) is 0 Å². The maximum atomic E-state index is 11.7. The Morgan fingerprint density at radius 3 is 2.94 bits per heavy atom. The van der Waals surface area contributed by atoms with Crippen molar-refractivity contribution < 1.29 is 19.1 Å². The molecule has 1 atom stereocenters. The van der Waals surface area contributed by atoms with Crippen LogP contribution in [0, 0.1) is 0 Å². The van der Waals surface area contributed by atoms with Crippen LogP contribution in [0.5, 0.6) is 5.75 Å². The SMILES string of the molecule is COC(=O)CCC(=O)NC1COc2ccccc21. The third kappa shape index (κ3) is 2.80. The fraction of sp³-hybridized carbons (Fsp3) is 0.385. The standard InChI is InChI=1S/C13H15NO4/c1-17-13(16)7-6-12(15)14-10-8-18-11-5-3-2-4-9(10)11/h2-5,10H,6-8H2,1H3,(H,14,15). The molecule has 2 rings (SSSR count). The van der Waals surface area contributed by atoms with E-state index in [1.54, 1.807) is 0 Å². The van der Waals surface area contributed by atoms with Crippen molar-refractivity contribution in [2.45, 2.75) is 18.9 Å². The number of benzene rings is 1. The second kappa shape index (κ2) is 5.53. The highest BCUT2D eigenvalue weighted by molar-refractivity contribution is 5.81. The number of hydrogen-bond donors (Lipinski definition) is 1. The fourth-order valence-electron chi connectivity index (χ4n) is 1.87. The van der Waals surface area contributed by atoms with Gasteiger partial charge in [0.25, 0.3) is 0 Å². The van der Waals surface area contributed by atoms with Gasteiger partial charge in [0.2, 0.25) is 5.91 Å². The van der Waals surface area contributed by atoms with Crippen LogP contribution in [0.15, 0.2) is 24.3 Å². The lowest BCUT2D eigenvalue weighted by Gasteiger charge is -2.11. The summed E-state index contributed by atoms with van der Waals surface area (Å²) in [6.07, 6.45) is 0.225. The Bertz CT molecular complexity index is 458. The number of carbonyl (C=O) groups is 2. The van der Waals surface area contributed by atoms with Gasteiger partial charge >= 0.3 is 5.97 Å². The number of fused-ring (bicyclic) bond motifs is 1. The van der Waals surface area contributed by atoms with E-state index < -0.39 is 0 Å². The Morgan fingerprint density at radius 1 is 1.39 bits per heavy atom. The summed E-state index contributed by atoms with van der Waals surface area (Å²) in [6.45, 7) is 0.434. The molecule has 0 aliphatic carbocycles. The number of para-hydroxylation sites is 1. The smallest absolute Gasteiger partial charge is 0.306 e. The van der Waals surface area contributed by atoms with E-state index in [1.807, 2.05) is 24.3 Å². The molecule has 1 amide bonds. The van der Waals surface area contributed by atoms with Gasteiger partial charge in [0.1, 0.15) is 12.4 Å². The van der Waals surface area contributed by atoms with Crippen LogP contribution in [-0.4, -0.2) is 25.6 Å². The van der Waals surface area contributed by atoms with E-state index in [1.165, 1.54) is 7.11 Å². The van der Waals surface area contributed by atoms with E-state index in [0.29, 0.717) is 6.61 Å². The minimum Gasteiger partial charge on any atom is -0.491 e. The first-order chi connectivity index (χ1) is 8.70. The van der Waals surface area contributed by atoms with E-state index in [0.717, 1.165) is 11.3 Å². The highest BCUT2D eigenvalue weighted by Gasteiger charge is 2.24. The highest BCUT2D eigenvalue weighted by Crippen LogP contribution is 2.31. The summed E-state index contributed by atoms with van der Waals surface area (Å²) in [5.74, 6) is 0.245. The monoisotopic (exact) mass is 249 g/mol.